The van der Waals surface area contributed by atoms with Gasteiger partial charge in [-0.15, -0.1) is 0 Å². The molecule has 0 aliphatic carbocycles. The summed E-state index contributed by atoms with van der Waals surface area (Å²) in [5.74, 6) is -0.898. The van der Waals surface area contributed by atoms with Gasteiger partial charge in [0.15, 0.2) is 0 Å². The molecule has 1 saturated heterocycles. The average Bonchev–Trinajstić information content (AvgIpc) is 3.23. The second-order valence-electron chi connectivity index (χ2n) is 10.2. The molecule has 3 aliphatic rings. The summed E-state index contributed by atoms with van der Waals surface area (Å²) >= 11 is 0. The number of alkyl halides is 3. The molecule has 3 aliphatic heterocycles. The summed E-state index contributed by atoms with van der Waals surface area (Å²) in [6.45, 7) is 2.23. The lowest BCUT2D eigenvalue weighted by molar-refractivity contribution is -0.138. The van der Waals surface area contributed by atoms with Crippen LogP contribution in [0.1, 0.15) is 35.6 Å². The maximum absolute atomic E-state index is 13.7. The average molecular weight is 542 g/mol. The number of likely N-dealkylation sites (tertiary alicyclic amines) is 1. The number of benzene rings is 2. The van der Waals surface area contributed by atoms with E-state index >= 15 is 0 Å². The fourth-order valence-electron chi connectivity index (χ4n) is 5.51. The van der Waals surface area contributed by atoms with Crippen molar-refractivity contribution in [1.82, 2.24) is 25.3 Å². The van der Waals surface area contributed by atoms with Gasteiger partial charge in [-0.3, -0.25) is 19.4 Å². The number of piperidine rings is 1. The molecule has 206 valence electrons. The fourth-order valence-corrected chi connectivity index (χ4v) is 5.51. The third kappa shape index (κ3) is 5.63. The molecule has 8 nitrogen and oxygen atoms in total. The fraction of sp³-hybridized carbons (Fsp3) is 0.393. The molecule has 5 rings (SSSR count). The highest BCUT2D eigenvalue weighted by Gasteiger charge is 2.46. The number of urea groups is 1. The number of rotatable bonds is 6. The largest absolute Gasteiger partial charge is 0.416 e. The number of amides is 4. The van der Waals surface area contributed by atoms with Crippen LogP contribution in [0.4, 0.5) is 18.0 Å². The number of nitrogens with one attached hydrogen (secondary N) is 2. The molecule has 0 saturated carbocycles. The lowest BCUT2D eigenvalue weighted by atomic mass is 9.92. The molecule has 1 fully saturated rings. The molecule has 0 radical (unpaired) electrons. The molecule has 1 unspecified atom stereocenters. The maximum Gasteiger partial charge on any atom is 0.416 e. The van der Waals surface area contributed by atoms with Gasteiger partial charge in [-0.05, 0) is 30.0 Å². The lowest BCUT2D eigenvalue weighted by Gasteiger charge is -2.32. The molecule has 4 amide bonds. The van der Waals surface area contributed by atoms with Crippen LogP contribution in [-0.4, -0.2) is 71.8 Å². The SMILES string of the molecule is CN1C(=O)NC(c2ccccc2C(F)(F)F)C2=C1CN(CC(=O)NC1CCN(Cc3ccccc3)CC1)C2=O. The van der Waals surface area contributed by atoms with Gasteiger partial charge < -0.3 is 15.5 Å². The summed E-state index contributed by atoms with van der Waals surface area (Å²) in [6.07, 6.45) is -3.11. The summed E-state index contributed by atoms with van der Waals surface area (Å²) in [6, 6.07) is 13.1. The van der Waals surface area contributed by atoms with Gasteiger partial charge in [0.05, 0.1) is 29.4 Å². The van der Waals surface area contributed by atoms with Crippen LogP contribution in [-0.2, 0) is 22.3 Å². The topological polar surface area (TPSA) is 85.0 Å². The van der Waals surface area contributed by atoms with E-state index in [2.05, 4.69) is 27.7 Å². The van der Waals surface area contributed by atoms with Crippen molar-refractivity contribution < 1.29 is 27.6 Å². The van der Waals surface area contributed by atoms with E-state index in [1.165, 1.54) is 40.6 Å². The Balaban J connectivity index is 1.23. The summed E-state index contributed by atoms with van der Waals surface area (Å²) in [4.78, 5) is 43.7. The number of carbonyl (C=O) groups is 3. The number of halogens is 3. The zero-order valence-corrected chi connectivity index (χ0v) is 21.5. The Morgan fingerprint density at radius 1 is 1.03 bits per heavy atom. The Morgan fingerprint density at radius 2 is 1.69 bits per heavy atom. The van der Waals surface area contributed by atoms with Gasteiger partial charge >= 0.3 is 12.2 Å². The first kappa shape index (κ1) is 26.7. The molecule has 39 heavy (non-hydrogen) atoms. The minimum atomic E-state index is -4.66. The molecular weight excluding hydrogens is 511 g/mol. The van der Waals surface area contributed by atoms with E-state index in [1.54, 1.807) is 0 Å². The van der Waals surface area contributed by atoms with E-state index in [0.717, 1.165) is 38.5 Å². The monoisotopic (exact) mass is 541 g/mol. The minimum Gasteiger partial charge on any atom is -0.352 e. The second-order valence-corrected chi connectivity index (χ2v) is 10.2. The summed E-state index contributed by atoms with van der Waals surface area (Å²) in [7, 11) is 1.45. The van der Waals surface area contributed by atoms with Gasteiger partial charge in [-0.1, -0.05) is 48.5 Å². The first-order valence-electron chi connectivity index (χ1n) is 12.9. The van der Waals surface area contributed by atoms with Crippen molar-refractivity contribution in [2.75, 3.05) is 33.2 Å². The van der Waals surface area contributed by atoms with E-state index in [0.29, 0.717) is 5.70 Å². The highest BCUT2D eigenvalue weighted by Crippen LogP contribution is 2.41. The highest BCUT2D eigenvalue weighted by molar-refractivity contribution is 6.03. The van der Waals surface area contributed by atoms with Gasteiger partial charge in [0.25, 0.3) is 5.91 Å². The predicted molar refractivity (Wildman–Crippen MR) is 137 cm³/mol. The van der Waals surface area contributed by atoms with E-state index in [1.807, 2.05) is 18.2 Å². The third-order valence-corrected chi connectivity index (χ3v) is 7.55. The standard InChI is InChI=1S/C28H30F3N5O3/c1-34-22-16-36(17-23(37)32-19-11-13-35(14-12-19)15-18-7-3-2-4-8-18)26(38)24(22)25(33-27(34)39)20-9-5-6-10-21(20)28(29,30)31/h2-10,19,25H,11-17H2,1H3,(H,32,37)(H,33,39). The van der Waals surface area contributed by atoms with E-state index < -0.39 is 29.7 Å². The molecule has 1 atom stereocenters. The lowest BCUT2D eigenvalue weighted by Crippen LogP contribution is -2.47. The number of nitrogens with zero attached hydrogens (tertiary/aromatic N) is 3. The van der Waals surface area contributed by atoms with Crippen LogP contribution in [0.25, 0.3) is 0 Å². The first-order chi connectivity index (χ1) is 18.6. The van der Waals surface area contributed by atoms with Crippen LogP contribution in [0.5, 0.6) is 0 Å². The molecule has 11 heteroatoms. The van der Waals surface area contributed by atoms with Crippen molar-refractivity contribution in [3.63, 3.8) is 0 Å². The van der Waals surface area contributed by atoms with Gasteiger partial charge in [0.1, 0.15) is 6.54 Å². The molecule has 2 N–H and O–H groups in total. The van der Waals surface area contributed by atoms with Crippen LogP contribution in [0.3, 0.4) is 0 Å². The highest BCUT2D eigenvalue weighted by atomic mass is 19.4. The van der Waals surface area contributed by atoms with Crippen LogP contribution in [0, 0.1) is 0 Å². The van der Waals surface area contributed by atoms with Crippen LogP contribution in [0.15, 0.2) is 65.9 Å². The van der Waals surface area contributed by atoms with Crippen molar-refractivity contribution in [2.24, 2.45) is 0 Å². The molecule has 3 heterocycles. The van der Waals surface area contributed by atoms with Gasteiger partial charge in [-0.2, -0.15) is 13.2 Å². The van der Waals surface area contributed by atoms with Gasteiger partial charge in [0, 0.05) is 32.7 Å². The maximum atomic E-state index is 13.7. The van der Waals surface area contributed by atoms with Crippen LogP contribution < -0.4 is 10.6 Å². The van der Waals surface area contributed by atoms with Gasteiger partial charge in [-0.25, -0.2) is 4.79 Å². The summed E-state index contributed by atoms with van der Waals surface area (Å²) in [5, 5.41) is 5.54. The van der Waals surface area contributed by atoms with Gasteiger partial charge in [0.2, 0.25) is 5.91 Å². The smallest absolute Gasteiger partial charge is 0.352 e. The zero-order valence-electron chi connectivity index (χ0n) is 21.5. The molecule has 0 spiro atoms. The Kier molecular flexibility index (Phi) is 7.35. The Morgan fingerprint density at radius 3 is 2.38 bits per heavy atom. The molecular formula is C28H30F3N5O3. The van der Waals surface area contributed by atoms with Crippen molar-refractivity contribution in [3.05, 3.63) is 82.6 Å². The van der Waals surface area contributed by atoms with Crippen molar-refractivity contribution >= 4 is 17.8 Å². The zero-order chi connectivity index (χ0) is 27.7. The second kappa shape index (κ2) is 10.7. The van der Waals surface area contributed by atoms with Crippen molar-refractivity contribution in [1.29, 1.82) is 0 Å². The Labute approximate surface area is 224 Å². The number of likely N-dealkylation sites (N-methyl/N-ethyl adjacent to an activating group) is 1. The first-order valence-corrected chi connectivity index (χ1v) is 12.9. The van der Waals surface area contributed by atoms with E-state index in [9.17, 15) is 27.6 Å². The Hall–Kier alpha value is -3.86. The van der Waals surface area contributed by atoms with Crippen LogP contribution in [0.2, 0.25) is 0 Å². The van der Waals surface area contributed by atoms with Crippen molar-refractivity contribution in [2.45, 2.75) is 37.6 Å². The molecule has 2 aromatic rings. The molecule has 2 aromatic carbocycles. The Bertz CT molecular complexity index is 1290. The minimum absolute atomic E-state index is 0.0258. The summed E-state index contributed by atoms with van der Waals surface area (Å²) < 4.78 is 41.2. The van der Waals surface area contributed by atoms with E-state index in [4.69, 9.17) is 0 Å². The third-order valence-electron chi connectivity index (χ3n) is 7.55. The normalized spacial score (nSPS) is 20.8. The van der Waals surface area contributed by atoms with Crippen molar-refractivity contribution in [3.8, 4) is 0 Å². The molecule has 0 bridgehead atoms. The van der Waals surface area contributed by atoms with Crippen LogP contribution >= 0.6 is 0 Å². The summed E-state index contributed by atoms with van der Waals surface area (Å²) in [5.41, 5.74) is 0.455. The van der Waals surface area contributed by atoms with E-state index in [-0.39, 0.29) is 36.2 Å². The molecule has 0 aromatic heterocycles. The number of carbonyl (C=O) groups excluding carboxylic acids is 3. The number of hydrogen-bond acceptors (Lipinski definition) is 4. The number of hydrogen-bond donors (Lipinski definition) is 2. The quantitative estimate of drug-likeness (QED) is 0.588. The predicted octanol–water partition coefficient (Wildman–Crippen LogP) is 3.28.